The second kappa shape index (κ2) is 9.56. The van der Waals surface area contributed by atoms with E-state index in [2.05, 4.69) is 22.3 Å². The van der Waals surface area contributed by atoms with E-state index in [0.29, 0.717) is 31.1 Å². The van der Waals surface area contributed by atoms with E-state index in [4.69, 9.17) is 13.9 Å². The molecule has 7 nitrogen and oxygen atoms in total. The van der Waals surface area contributed by atoms with Gasteiger partial charge >= 0.3 is 5.63 Å². The number of nitrogens with zero attached hydrogens (tertiary/aromatic N) is 1. The smallest absolute Gasteiger partial charge is 0.336 e. The Labute approximate surface area is 174 Å². The normalized spacial score (nSPS) is 15.6. The average molecular weight is 408 g/mol. The van der Waals surface area contributed by atoms with Crippen molar-refractivity contribution in [3.63, 3.8) is 0 Å². The zero-order valence-corrected chi connectivity index (χ0v) is 16.6. The van der Waals surface area contributed by atoms with Crippen LogP contribution < -0.4 is 15.7 Å². The van der Waals surface area contributed by atoms with Gasteiger partial charge in [-0.1, -0.05) is 30.3 Å². The monoisotopic (exact) mass is 408 g/mol. The molecule has 1 aliphatic rings. The summed E-state index contributed by atoms with van der Waals surface area (Å²) in [6.07, 6.45) is 0. The van der Waals surface area contributed by atoms with E-state index in [0.717, 1.165) is 24.0 Å². The minimum Gasteiger partial charge on any atom is -0.484 e. The van der Waals surface area contributed by atoms with Crippen molar-refractivity contribution in [2.75, 3.05) is 39.5 Å². The number of ether oxygens (including phenoxy) is 2. The van der Waals surface area contributed by atoms with Crippen molar-refractivity contribution in [1.82, 2.24) is 10.2 Å². The minimum absolute atomic E-state index is 0.0778. The van der Waals surface area contributed by atoms with Gasteiger partial charge in [0.25, 0.3) is 5.91 Å². The highest BCUT2D eigenvalue weighted by atomic mass is 16.5. The first-order chi connectivity index (χ1) is 14.7. The summed E-state index contributed by atoms with van der Waals surface area (Å²) in [6, 6.07) is 18.4. The fraction of sp³-hybridized carbons (Fsp3) is 0.304. The van der Waals surface area contributed by atoms with Crippen molar-refractivity contribution in [1.29, 1.82) is 0 Å². The summed E-state index contributed by atoms with van der Waals surface area (Å²) < 4.78 is 16.2. The van der Waals surface area contributed by atoms with Crippen molar-refractivity contribution in [2.24, 2.45) is 0 Å². The maximum Gasteiger partial charge on any atom is 0.336 e. The third-order valence-corrected chi connectivity index (χ3v) is 5.13. The Morgan fingerprint density at radius 3 is 2.63 bits per heavy atom. The molecule has 1 amide bonds. The Hall–Kier alpha value is -3.16. The predicted molar refractivity (Wildman–Crippen MR) is 113 cm³/mol. The molecule has 1 aliphatic heterocycles. The molecule has 1 aromatic heterocycles. The van der Waals surface area contributed by atoms with Crippen molar-refractivity contribution < 1.29 is 18.7 Å². The fourth-order valence-electron chi connectivity index (χ4n) is 3.56. The number of carbonyl (C=O) groups excluding carboxylic acids is 1. The zero-order valence-electron chi connectivity index (χ0n) is 16.6. The highest BCUT2D eigenvalue weighted by molar-refractivity contribution is 5.79. The van der Waals surface area contributed by atoms with Crippen LogP contribution in [0.25, 0.3) is 11.0 Å². The molecule has 7 heteroatoms. The molecule has 1 fully saturated rings. The molecule has 2 heterocycles. The van der Waals surface area contributed by atoms with Crippen molar-refractivity contribution >= 4 is 16.9 Å². The molecule has 0 saturated carbocycles. The molecular weight excluding hydrogens is 384 g/mol. The van der Waals surface area contributed by atoms with Crippen molar-refractivity contribution in [3.8, 4) is 5.75 Å². The first-order valence-corrected chi connectivity index (χ1v) is 9.99. The highest BCUT2D eigenvalue weighted by Crippen LogP contribution is 2.21. The molecule has 2 aromatic carbocycles. The van der Waals surface area contributed by atoms with Gasteiger partial charge in [-0.3, -0.25) is 9.69 Å². The minimum atomic E-state index is -0.424. The van der Waals surface area contributed by atoms with E-state index in [1.807, 2.05) is 18.2 Å². The predicted octanol–water partition coefficient (Wildman–Crippen LogP) is 2.36. The Morgan fingerprint density at radius 2 is 1.83 bits per heavy atom. The van der Waals surface area contributed by atoms with Gasteiger partial charge in [-0.05, 0) is 23.8 Å². The number of rotatable bonds is 7. The molecule has 1 N–H and O–H groups in total. The van der Waals surface area contributed by atoms with Gasteiger partial charge in [0.2, 0.25) is 0 Å². The lowest BCUT2D eigenvalue weighted by atomic mass is 10.0. The molecular formula is C23H24N2O5. The van der Waals surface area contributed by atoms with Crippen molar-refractivity contribution in [2.45, 2.75) is 6.04 Å². The zero-order chi connectivity index (χ0) is 20.8. The van der Waals surface area contributed by atoms with Gasteiger partial charge in [0.05, 0.1) is 19.3 Å². The van der Waals surface area contributed by atoms with E-state index in [1.165, 1.54) is 6.07 Å². The molecule has 1 atom stereocenters. The van der Waals surface area contributed by atoms with E-state index < -0.39 is 5.63 Å². The standard InChI is InChI=1S/C23H24N2O5/c26-22(16-29-19-8-6-18-7-9-23(27)30-21(18)14-19)24-15-20(17-4-2-1-3-5-17)25-10-12-28-13-11-25/h1-9,14,20H,10-13,15-16H2,(H,24,26). The lowest BCUT2D eigenvalue weighted by molar-refractivity contribution is -0.123. The third kappa shape index (κ3) is 5.06. The number of amides is 1. The molecule has 1 unspecified atom stereocenters. The van der Waals surface area contributed by atoms with E-state index in [1.54, 1.807) is 24.3 Å². The maximum atomic E-state index is 12.4. The van der Waals surface area contributed by atoms with Crippen LogP contribution in [0.3, 0.4) is 0 Å². The molecule has 0 radical (unpaired) electrons. The second-order valence-corrected chi connectivity index (χ2v) is 7.12. The van der Waals surface area contributed by atoms with Crippen LogP contribution in [0.15, 0.2) is 69.9 Å². The average Bonchev–Trinajstić information content (AvgIpc) is 2.79. The molecule has 4 rings (SSSR count). The molecule has 0 aliphatic carbocycles. The van der Waals surface area contributed by atoms with Crippen LogP contribution in [0.4, 0.5) is 0 Å². The molecule has 3 aromatic rings. The fourth-order valence-corrected chi connectivity index (χ4v) is 3.56. The number of morpholine rings is 1. The van der Waals surface area contributed by atoms with Gasteiger partial charge in [0.1, 0.15) is 11.3 Å². The van der Waals surface area contributed by atoms with Gasteiger partial charge in [-0.25, -0.2) is 4.79 Å². The summed E-state index contributed by atoms with van der Waals surface area (Å²) >= 11 is 0. The Bertz CT molecular complexity index is 1040. The van der Waals surface area contributed by atoms with Crippen molar-refractivity contribution in [3.05, 3.63) is 76.6 Å². The van der Waals surface area contributed by atoms with E-state index >= 15 is 0 Å². The number of hydrogen-bond donors (Lipinski definition) is 1. The molecule has 0 spiro atoms. The van der Waals surface area contributed by atoms with Gasteiger partial charge in [-0.15, -0.1) is 0 Å². The maximum absolute atomic E-state index is 12.4. The molecule has 0 bridgehead atoms. The lowest BCUT2D eigenvalue weighted by Crippen LogP contribution is -2.44. The van der Waals surface area contributed by atoms with Crippen LogP contribution in [0.1, 0.15) is 11.6 Å². The Balaban J connectivity index is 1.36. The first kappa shape index (κ1) is 20.1. The van der Waals surface area contributed by atoms with Crippen LogP contribution in [-0.2, 0) is 9.53 Å². The van der Waals surface area contributed by atoms with Gasteiger partial charge in [0, 0.05) is 37.2 Å². The SMILES string of the molecule is O=C(COc1ccc2ccc(=O)oc2c1)NCC(c1ccccc1)N1CCOCC1. The number of nitrogens with one attached hydrogen (secondary N) is 1. The van der Waals surface area contributed by atoms with Crippen LogP contribution in [0.5, 0.6) is 5.75 Å². The molecule has 1 saturated heterocycles. The second-order valence-electron chi connectivity index (χ2n) is 7.12. The van der Waals surface area contributed by atoms with E-state index in [9.17, 15) is 9.59 Å². The van der Waals surface area contributed by atoms with Crippen LogP contribution in [0, 0.1) is 0 Å². The Kier molecular flexibility index (Phi) is 6.41. The summed E-state index contributed by atoms with van der Waals surface area (Å²) in [5.74, 6) is 0.263. The molecule has 156 valence electrons. The summed E-state index contributed by atoms with van der Waals surface area (Å²) in [5.41, 5.74) is 1.16. The quantitative estimate of drug-likeness (QED) is 0.605. The summed E-state index contributed by atoms with van der Waals surface area (Å²) in [7, 11) is 0. The number of hydrogen-bond acceptors (Lipinski definition) is 6. The van der Waals surface area contributed by atoms with Crippen LogP contribution >= 0.6 is 0 Å². The summed E-state index contributed by atoms with van der Waals surface area (Å²) in [5, 5.41) is 3.77. The van der Waals surface area contributed by atoms with Gasteiger partial charge in [-0.2, -0.15) is 0 Å². The third-order valence-electron chi connectivity index (χ3n) is 5.13. The van der Waals surface area contributed by atoms with E-state index in [-0.39, 0.29) is 18.6 Å². The largest absolute Gasteiger partial charge is 0.484 e. The topological polar surface area (TPSA) is 81.0 Å². The number of carbonyl (C=O) groups is 1. The van der Waals surface area contributed by atoms with Gasteiger partial charge in [0.15, 0.2) is 6.61 Å². The first-order valence-electron chi connectivity index (χ1n) is 9.99. The molecule has 30 heavy (non-hydrogen) atoms. The van der Waals surface area contributed by atoms with Crippen LogP contribution in [-0.4, -0.2) is 50.3 Å². The van der Waals surface area contributed by atoms with Gasteiger partial charge < -0.3 is 19.2 Å². The van der Waals surface area contributed by atoms with Crippen LogP contribution in [0.2, 0.25) is 0 Å². The summed E-state index contributed by atoms with van der Waals surface area (Å²) in [4.78, 5) is 26.1. The highest BCUT2D eigenvalue weighted by Gasteiger charge is 2.23. The Morgan fingerprint density at radius 1 is 1.07 bits per heavy atom. The lowest BCUT2D eigenvalue weighted by Gasteiger charge is -2.34. The number of benzene rings is 2. The number of fused-ring (bicyclic) bond motifs is 1. The summed E-state index contributed by atoms with van der Waals surface area (Å²) in [6.45, 7) is 3.41.